The van der Waals surface area contributed by atoms with E-state index in [1.165, 1.54) is 12.8 Å². The highest BCUT2D eigenvalue weighted by molar-refractivity contribution is 5.62. The standard InChI is InChI=1S/C14H17N3/c1-10(11-7-8-11)17-14(15)9-13(16-17)12-5-3-2-4-6-12/h2-6,9-11H,7-8,15H2,1H3. The Bertz CT molecular complexity index is 512. The fraction of sp³-hybridized carbons (Fsp3) is 0.357. The Kier molecular flexibility index (Phi) is 2.39. The second kappa shape index (κ2) is 3.91. The van der Waals surface area contributed by atoms with E-state index in [4.69, 9.17) is 5.73 Å². The molecular formula is C14H17N3. The van der Waals surface area contributed by atoms with Gasteiger partial charge in [-0.2, -0.15) is 5.10 Å². The lowest BCUT2D eigenvalue weighted by atomic mass is 10.2. The molecule has 88 valence electrons. The quantitative estimate of drug-likeness (QED) is 0.875. The summed E-state index contributed by atoms with van der Waals surface area (Å²) in [5.74, 6) is 1.53. The number of aromatic nitrogens is 2. The molecule has 1 aliphatic rings. The first kappa shape index (κ1) is 10.4. The maximum absolute atomic E-state index is 6.05. The van der Waals surface area contributed by atoms with Crippen molar-refractivity contribution in [1.82, 2.24) is 9.78 Å². The molecule has 1 fully saturated rings. The molecule has 1 heterocycles. The van der Waals surface area contributed by atoms with Crippen LogP contribution in [0.3, 0.4) is 0 Å². The van der Waals surface area contributed by atoms with Crippen molar-refractivity contribution < 1.29 is 0 Å². The summed E-state index contributed by atoms with van der Waals surface area (Å²) in [6.45, 7) is 2.20. The third-order valence-electron chi connectivity index (χ3n) is 3.52. The molecule has 3 nitrogen and oxygen atoms in total. The van der Waals surface area contributed by atoms with Gasteiger partial charge in [-0.15, -0.1) is 0 Å². The Morgan fingerprint density at radius 1 is 1.29 bits per heavy atom. The largest absolute Gasteiger partial charge is 0.384 e. The smallest absolute Gasteiger partial charge is 0.122 e. The van der Waals surface area contributed by atoms with E-state index >= 15 is 0 Å². The Labute approximate surface area is 101 Å². The van der Waals surface area contributed by atoms with Crippen LogP contribution in [-0.2, 0) is 0 Å². The van der Waals surface area contributed by atoms with Crippen molar-refractivity contribution in [1.29, 1.82) is 0 Å². The summed E-state index contributed by atoms with van der Waals surface area (Å²) in [6.07, 6.45) is 2.61. The van der Waals surface area contributed by atoms with Gasteiger partial charge in [-0.25, -0.2) is 4.68 Å². The third-order valence-corrected chi connectivity index (χ3v) is 3.52. The monoisotopic (exact) mass is 227 g/mol. The highest BCUT2D eigenvalue weighted by Crippen LogP contribution is 2.40. The van der Waals surface area contributed by atoms with Crippen molar-refractivity contribution >= 4 is 5.82 Å². The van der Waals surface area contributed by atoms with E-state index in [9.17, 15) is 0 Å². The first-order chi connectivity index (χ1) is 8.25. The Morgan fingerprint density at radius 3 is 2.65 bits per heavy atom. The molecule has 0 aliphatic heterocycles. The first-order valence-electron chi connectivity index (χ1n) is 6.16. The van der Waals surface area contributed by atoms with E-state index in [-0.39, 0.29) is 0 Å². The lowest BCUT2D eigenvalue weighted by Crippen LogP contribution is -2.11. The molecule has 0 bridgehead atoms. The van der Waals surface area contributed by atoms with Crippen LogP contribution in [0.4, 0.5) is 5.82 Å². The van der Waals surface area contributed by atoms with Crippen LogP contribution in [-0.4, -0.2) is 9.78 Å². The second-order valence-electron chi connectivity index (χ2n) is 4.84. The van der Waals surface area contributed by atoms with Crippen LogP contribution in [0.25, 0.3) is 11.3 Å². The van der Waals surface area contributed by atoms with Crippen LogP contribution >= 0.6 is 0 Å². The van der Waals surface area contributed by atoms with Gasteiger partial charge in [0.25, 0.3) is 0 Å². The first-order valence-corrected chi connectivity index (χ1v) is 6.16. The Hall–Kier alpha value is -1.77. The summed E-state index contributed by atoms with van der Waals surface area (Å²) in [4.78, 5) is 0. The number of hydrogen-bond acceptors (Lipinski definition) is 2. The van der Waals surface area contributed by atoms with Crippen molar-refractivity contribution in [3.8, 4) is 11.3 Å². The maximum Gasteiger partial charge on any atom is 0.122 e. The lowest BCUT2D eigenvalue weighted by molar-refractivity contribution is 0.447. The van der Waals surface area contributed by atoms with Gasteiger partial charge >= 0.3 is 0 Å². The molecule has 3 heteroatoms. The molecule has 3 rings (SSSR count). The van der Waals surface area contributed by atoms with Gasteiger partial charge in [0.05, 0.1) is 11.7 Å². The number of hydrogen-bond donors (Lipinski definition) is 1. The molecule has 1 aliphatic carbocycles. The summed E-state index contributed by atoms with van der Waals surface area (Å²) < 4.78 is 1.97. The molecule has 0 spiro atoms. The number of rotatable bonds is 3. The molecule has 1 atom stereocenters. The van der Waals surface area contributed by atoms with Gasteiger partial charge in [-0.1, -0.05) is 30.3 Å². The van der Waals surface area contributed by atoms with Crippen molar-refractivity contribution in [2.24, 2.45) is 5.92 Å². The van der Waals surface area contributed by atoms with Crippen LogP contribution < -0.4 is 5.73 Å². The van der Waals surface area contributed by atoms with Crippen LogP contribution in [0.2, 0.25) is 0 Å². The zero-order valence-electron chi connectivity index (χ0n) is 10.0. The molecule has 17 heavy (non-hydrogen) atoms. The molecule has 1 aromatic carbocycles. The van der Waals surface area contributed by atoms with Gasteiger partial charge in [0.1, 0.15) is 5.82 Å². The minimum Gasteiger partial charge on any atom is -0.384 e. The fourth-order valence-corrected chi connectivity index (χ4v) is 2.26. The number of nitrogens with two attached hydrogens (primary N) is 1. The van der Waals surface area contributed by atoms with Crippen LogP contribution in [0, 0.1) is 5.92 Å². The minimum atomic E-state index is 0.424. The second-order valence-corrected chi connectivity index (χ2v) is 4.84. The van der Waals surface area contributed by atoms with E-state index in [1.807, 2.05) is 28.9 Å². The van der Waals surface area contributed by atoms with Crippen LogP contribution in [0.1, 0.15) is 25.8 Å². The number of benzene rings is 1. The van der Waals surface area contributed by atoms with Gasteiger partial charge in [-0.3, -0.25) is 0 Å². The van der Waals surface area contributed by atoms with Crippen molar-refractivity contribution in [3.63, 3.8) is 0 Å². The predicted octanol–water partition coefficient (Wildman–Crippen LogP) is 3.10. The summed E-state index contributed by atoms with van der Waals surface area (Å²) in [5.41, 5.74) is 8.14. The molecule has 2 aromatic rings. The Morgan fingerprint density at radius 2 is 2.00 bits per heavy atom. The third kappa shape index (κ3) is 1.93. The molecule has 1 aromatic heterocycles. The molecular weight excluding hydrogens is 210 g/mol. The minimum absolute atomic E-state index is 0.424. The van der Waals surface area contributed by atoms with Gasteiger partial charge in [0, 0.05) is 11.6 Å². The summed E-state index contributed by atoms with van der Waals surface area (Å²) >= 11 is 0. The van der Waals surface area contributed by atoms with E-state index in [0.29, 0.717) is 6.04 Å². The molecule has 2 N–H and O–H groups in total. The van der Waals surface area contributed by atoms with Gasteiger partial charge in [-0.05, 0) is 25.7 Å². The number of nitrogens with zero attached hydrogens (tertiary/aromatic N) is 2. The van der Waals surface area contributed by atoms with E-state index < -0.39 is 0 Å². The van der Waals surface area contributed by atoms with Crippen LogP contribution in [0.15, 0.2) is 36.4 Å². The normalized spacial score (nSPS) is 17.0. The molecule has 1 unspecified atom stereocenters. The molecule has 0 radical (unpaired) electrons. The predicted molar refractivity (Wildman–Crippen MR) is 69.5 cm³/mol. The average Bonchev–Trinajstić information content (AvgIpc) is 3.13. The maximum atomic E-state index is 6.05. The zero-order valence-corrected chi connectivity index (χ0v) is 10.0. The highest BCUT2D eigenvalue weighted by Gasteiger charge is 2.30. The summed E-state index contributed by atoms with van der Waals surface area (Å²) in [7, 11) is 0. The van der Waals surface area contributed by atoms with Crippen molar-refractivity contribution in [3.05, 3.63) is 36.4 Å². The van der Waals surface area contributed by atoms with Gasteiger partial charge < -0.3 is 5.73 Å². The molecule has 1 saturated carbocycles. The summed E-state index contributed by atoms with van der Waals surface area (Å²) in [6, 6.07) is 12.6. The molecule has 0 amide bonds. The van der Waals surface area contributed by atoms with Gasteiger partial charge in [0.15, 0.2) is 0 Å². The highest BCUT2D eigenvalue weighted by atomic mass is 15.3. The number of nitrogen functional groups attached to an aromatic ring is 1. The topological polar surface area (TPSA) is 43.8 Å². The zero-order chi connectivity index (χ0) is 11.8. The lowest BCUT2D eigenvalue weighted by Gasteiger charge is -2.12. The van der Waals surface area contributed by atoms with Crippen molar-refractivity contribution in [2.75, 3.05) is 5.73 Å². The SMILES string of the molecule is CC(C1CC1)n1nc(-c2ccccc2)cc1N. The van der Waals surface area contributed by atoms with E-state index in [0.717, 1.165) is 23.0 Å². The average molecular weight is 227 g/mol. The van der Waals surface area contributed by atoms with E-state index in [2.05, 4.69) is 24.2 Å². The fourth-order valence-electron chi connectivity index (χ4n) is 2.26. The van der Waals surface area contributed by atoms with Gasteiger partial charge in [0.2, 0.25) is 0 Å². The van der Waals surface area contributed by atoms with E-state index in [1.54, 1.807) is 0 Å². The Balaban J connectivity index is 1.95. The molecule has 0 saturated heterocycles. The summed E-state index contributed by atoms with van der Waals surface area (Å²) in [5, 5.41) is 4.63. The number of anilines is 1. The van der Waals surface area contributed by atoms with Crippen molar-refractivity contribution in [2.45, 2.75) is 25.8 Å². The van der Waals surface area contributed by atoms with Crippen LogP contribution in [0.5, 0.6) is 0 Å².